The topological polar surface area (TPSA) is 46.2 Å². The maximum absolute atomic E-state index is 6.17. The summed E-state index contributed by atoms with van der Waals surface area (Å²) in [5.74, 6) is 0. The number of anilines is 1. The number of hydrogen-bond donors (Lipinski definition) is 2. The first-order chi connectivity index (χ1) is 10.2. The first-order valence-corrected chi connectivity index (χ1v) is 7.67. The highest BCUT2D eigenvalue weighted by atomic mass is 35.5. The number of halogens is 1. The van der Waals surface area contributed by atoms with Gasteiger partial charge in [-0.15, -0.1) is 0 Å². The quantitative estimate of drug-likeness (QED) is 0.628. The van der Waals surface area contributed by atoms with Crippen LogP contribution < -0.4 is 10.6 Å². The SMILES string of the molecule is CCOCCCNC(=S)Nc1ccc(Cl)c2cccnc12. The van der Waals surface area contributed by atoms with Crippen molar-refractivity contribution < 1.29 is 4.74 Å². The minimum atomic E-state index is 0.570. The predicted octanol–water partition coefficient (Wildman–Crippen LogP) is 3.60. The van der Waals surface area contributed by atoms with Crippen molar-refractivity contribution in [3.05, 3.63) is 35.5 Å². The number of benzene rings is 1. The molecule has 0 saturated carbocycles. The zero-order valence-electron chi connectivity index (χ0n) is 11.9. The van der Waals surface area contributed by atoms with E-state index in [2.05, 4.69) is 15.6 Å². The van der Waals surface area contributed by atoms with Gasteiger partial charge in [-0.25, -0.2) is 0 Å². The van der Waals surface area contributed by atoms with E-state index < -0.39 is 0 Å². The highest BCUT2D eigenvalue weighted by Gasteiger charge is 2.06. The smallest absolute Gasteiger partial charge is 0.170 e. The number of hydrogen-bond acceptors (Lipinski definition) is 3. The Morgan fingerprint density at radius 1 is 1.38 bits per heavy atom. The summed E-state index contributed by atoms with van der Waals surface area (Å²) in [5.41, 5.74) is 1.65. The Morgan fingerprint density at radius 3 is 3.05 bits per heavy atom. The Kier molecular flexibility index (Phi) is 6.17. The van der Waals surface area contributed by atoms with Crippen LogP contribution in [0.5, 0.6) is 0 Å². The van der Waals surface area contributed by atoms with Crippen LogP contribution in [0.3, 0.4) is 0 Å². The number of thiocarbonyl (C=S) groups is 1. The van der Waals surface area contributed by atoms with Crippen LogP contribution in [0.2, 0.25) is 5.02 Å². The number of pyridine rings is 1. The fraction of sp³-hybridized carbons (Fsp3) is 0.333. The zero-order valence-corrected chi connectivity index (χ0v) is 13.4. The van der Waals surface area contributed by atoms with E-state index in [0.717, 1.165) is 42.8 Å². The molecule has 4 nitrogen and oxygen atoms in total. The van der Waals surface area contributed by atoms with Gasteiger partial charge in [0.05, 0.1) is 16.2 Å². The molecule has 1 aromatic heterocycles. The molecule has 2 aromatic rings. The van der Waals surface area contributed by atoms with E-state index in [1.807, 2.05) is 31.2 Å². The molecule has 0 fully saturated rings. The monoisotopic (exact) mass is 323 g/mol. The summed E-state index contributed by atoms with van der Waals surface area (Å²) in [7, 11) is 0. The van der Waals surface area contributed by atoms with Crippen LogP contribution in [0.25, 0.3) is 10.9 Å². The average Bonchev–Trinajstić information content (AvgIpc) is 2.50. The number of nitrogens with zero attached hydrogens (tertiary/aromatic N) is 1. The largest absolute Gasteiger partial charge is 0.382 e. The molecule has 0 aliphatic carbocycles. The molecule has 0 aliphatic rings. The second kappa shape index (κ2) is 8.12. The molecule has 6 heteroatoms. The van der Waals surface area contributed by atoms with Crippen molar-refractivity contribution in [3.8, 4) is 0 Å². The van der Waals surface area contributed by atoms with Crippen molar-refractivity contribution in [1.82, 2.24) is 10.3 Å². The maximum Gasteiger partial charge on any atom is 0.170 e. The lowest BCUT2D eigenvalue weighted by Gasteiger charge is -2.12. The van der Waals surface area contributed by atoms with Gasteiger partial charge < -0.3 is 15.4 Å². The maximum atomic E-state index is 6.17. The lowest BCUT2D eigenvalue weighted by Crippen LogP contribution is -2.29. The number of ether oxygens (including phenoxy) is 1. The second-order valence-corrected chi connectivity index (χ2v) is 5.24. The summed E-state index contributed by atoms with van der Waals surface area (Å²) in [6, 6.07) is 7.52. The third-order valence-corrected chi connectivity index (χ3v) is 3.50. The summed E-state index contributed by atoms with van der Waals surface area (Å²) < 4.78 is 5.28. The molecule has 0 saturated heterocycles. The van der Waals surface area contributed by atoms with Gasteiger partial charge in [-0.3, -0.25) is 4.98 Å². The molecule has 0 atom stereocenters. The molecular weight excluding hydrogens is 306 g/mol. The molecule has 0 radical (unpaired) electrons. The van der Waals surface area contributed by atoms with E-state index >= 15 is 0 Å². The van der Waals surface area contributed by atoms with Gasteiger partial charge in [0.15, 0.2) is 5.11 Å². The average molecular weight is 324 g/mol. The highest BCUT2D eigenvalue weighted by molar-refractivity contribution is 7.80. The molecule has 2 N–H and O–H groups in total. The highest BCUT2D eigenvalue weighted by Crippen LogP contribution is 2.27. The molecule has 2 rings (SSSR count). The Hall–Kier alpha value is -1.43. The molecule has 0 spiro atoms. The summed E-state index contributed by atoms with van der Waals surface area (Å²) in [6.07, 6.45) is 2.65. The third-order valence-electron chi connectivity index (χ3n) is 2.92. The first kappa shape index (κ1) is 15.9. The minimum absolute atomic E-state index is 0.570. The van der Waals surface area contributed by atoms with Crippen molar-refractivity contribution in [2.24, 2.45) is 0 Å². The van der Waals surface area contributed by atoms with Crippen LogP contribution >= 0.6 is 23.8 Å². The van der Waals surface area contributed by atoms with Crippen molar-refractivity contribution >= 4 is 45.5 Å². The number of aromatic nitrogens is 1. The fourth-order valence-corrected chi connectivity index (χ4v) is 2.35. The van der Waals surface area contributed by atoms with Crippen molar-refractivity contribution in [3.63, 3.8) is 0 Å². The molecule has 0 aliphatic heterocycles. The molecule has 112 valence electrons. The van der Waals surface area contributed by atoms with Crippen LogP contribution in [0.4, 0.5) is 5.69 Å². The van der Waals surface area contributed by atoms with Crippen LogP contribution in [-0.2, 0) is 4.74 Å². The Bertz CT molecular complexity index is 621. The molecule has 0 unspecified atom stereocenters. The number of rotatable bonds is 6. The van der Waals surface area contributed by atoms with Gasteiger partial charge in [0.2, 0.25) is 0 Å². The first-order valence-electron chi connectivity index (χ1n) is 6.88. The van der Waals surface area contributed by atoms with Crippen LogP contribution in [-0.4, -0.2) is 29.9 Å². The van der Waals surface area contributed by atoms with Crippen LogP contribution in [0.1, 0.15) is 13.3 Å². The molecule has 0 amide bonds. The molecule has 0 bridgehead atoms. The van der Waals surface area contributed by atoms with Gasteiger partial charge in [-0.1, -0.05) is 11.6 Å². The Balaban J connectivity index is 1.97. The van der Waals surface area contributed by atoms with Gasteiger partial charge in [0.1, 0.15) is 0 Å². The lowest BCUT2D eigenvalue weighted by atomic mass is 10.2. The van der Waals surface area contributed by atoms with E-state index in [9.17, 15) is 0 Å². The van der Waals surface area contributed by atoms with Gasteiger partial charge in [0, 0.05) is 31.3 Å². The number of fused-ring (bicyclic) bond motifs is 1. The second-order valence-electron chi connectivity index (χ2n) is 4.43. The summed E-state index contributed by atoms with van der Waals surface area (Å²) in [6.45, 7) is 4.23. The van der Waals surface area contributed by atoms with Gasteiger partial charge in [-0.05, 0) is 49.8 Å². The van der Waals surface area contributed by atoms with Crippen molar-refractivity contribution in [1.29, 1.82) is 0 Å². The van der Waals surface area contributed by atoms with E-state index in [0.29, 0.717) is 10.1 Å². The van der Waals surface area contributed by atoms with Gasteiger partial charge in [0.25, 0.3) is 0 Å². The Labute approximate surface area is 134 Å². The van der Waals surface area contributed by atoms with E-state index in [1.54, 1.807) is 6.20 Å². The third kappa shape index (κ3) is 4.52. The normalized spacial score (nSPS) is 10.6. The number of nitrogens with one attached hydrogen (secondary N) is 2. The standard InChI is InChI=1S/C15H18ClN3OS/c1-2-20-10-4-9-18-15(21)19-13-7-6-12(16)11-5-3-8-17-14(11)13/h3,5-8H,2,4,9-10H2,1H3,(H2,18,19,21). The van der Waals surface area contributed by atoms with Crippen LogP contribution in [0, 0.1) is 0 Å². The molecule has 1 aromatic carbocycles. The van der Waals surface area contributed by atoms with Crippen molar-refractivity contribution in [2.75, 3.05) is 25.1 Å². The van der Waals surface area contributed by atoms with Gasteiger partial charge in [-0.2, -0.15) is 0 Å². The van der Waals surface area contributed by atoms with E-state index in [-0.39, 0.29) is 0 Å². The zero-order chi connectivity index (χ0) is 15.1. The van der Waals surface area contributed by atoms with Crippen molar-refractivity contribution in [2.45, 2.75) is 13.3 Å². The van der Waals surface area contributed by atoms with Crippen LogP contribution in [0.15, 0.2) is 30.5 Å². The summed E-state index contributed by atoms with van der Waals surface area (Å²) in [5, 5.41) is 8.47. The van der Waals surface area contributed by atoms with E-state index in [4.69, 9.17) is 28.6 Å². The molecule has 1 heterocycles. The summed E-state index contributed by atoms with van der Waals surface area (Å²) >= 11 is 11.5. The minimum Gasteiger partial charge on any atom is -0.382 e. The predicted molar refractivity (Wildman–Crippen MR) is 92.1 cm³/mol. The summed E-state index contributed by atoms with van der Waals surface area (Å²) in [4.78, 5) is 4.36. The fourth-order valence-electron chi connectivity index (χ4n) is 1.93. The Morgan fingerprint density at radius 2 is 2.24 bits per heavy atom. The molecule has 21 heavy (non-hydrogen) atoms. The molecular formula is C15H18ClN3OS. The van der Waals surface area contributed by atoms with E-state index in [1.165, 1.54) is 0 Å². The van der Waals surface area contributed by atoms with Gasteiger partial charge >= 0.3 is 0 Å². The lowest BCUT2D eigenvalue weighted by molar-refractivity contribution is 0.146.